The fourth-order valence-electron chi connectivity index (χ4n) is 2.31. The largest absolute Gasteiger partial charge is 0.296 e. The molecule has 18 heavy (non-hydrogen) atoms. The van der Waals surface area contributed by atoms with Gasteiger partial charge in [0, 0.05) is 31.0 Å². The standard InChI is InChI=1S/C13H19N3O2/c1-3-10-8-11(16(4-2)15-10)7-9-5-6-12(17)14-13(9)18/h8-9H,3-7H2,1-2H3,(H,14,17,18). The number of piperidine rings is 1. The quantitative estimate of drug-likeness (QED) is 0.811. The molecule has 1 N–H and O–H groups in total. The van der Waals surface area contributed by atoms with E-state index in [1.165, 1.54) is 0 Å². The summed E-state index contributed by atoms with van der Waals surface area (Å²) in [5, 5.41) is 6.87. The van der Waals surface area contributed by atoms with Gasteiger partial charge in [-0.1, -0.05) is 6.92 Å². The van der Waals surface area contributed by atoms with E-state index in [4.69, 9.17) is 0 Å². The van der Waals surface area contributed by atoms with Crippen LogP contribution in [0.2, 0.25) is 0 Å². The van der Waals surface area contributed by atoms with Gasteiger partial charge < -0.3 is 0 Å². The molecule has 1 atom stereocenters. The van der Waals surface area contributed by atoms with E-state index in [1.54, 1.807) is 0 Å². The summed E-state index contributed by atoms with van der Waals surface area (Å²) in [7, 11) is 0. The minimum atomic E-state index is -0.158. The summed E-state index contributed by atoms with van der Waals surface area (Å²) >= 11 is 0. The van der Waals surface area contributed by atoms with Gasteiger partial charge >= 0.3 is 0 Å². The van der Waals surface area contributed by atoms with Crippen molar-refractivity contribution in [3.63, 3.8) is 0 Å². The lowest BCUT2D eigenvalue weighted by Gasteiger charge is -2.20. The van der Waals surface area contributed by atoms with E-state index < -0.39 is 0 Å². The van der Waals surface area contributed by atoms with Crippen molar-refractivity contribution in [2.45, 2.75) is 46.1 Å². The second kappa shape index (κ2) is 5.33. The van der Waals surface area contributed by atoms with Crippen molar-refractivity contribution in [3.05, 3.63) is 17.5 Å². The maximum atomic E-state index is 11.7. The van der Waals surface area contributed by atoms with E-state index in [9.17, 15) is 9.59 Å². The molecule has 1 aromatic rings. The normalized spacial score (nSPS) is 20.0. The minimum Gasteiger partial charge on any atom is -0.296 e. The number of nitrogens with zero attached hydrogens (tertiary/aromatic N) is 2. The molecule has 1 aromatic heterocycles. The number of aryl methyl sites for hydroxylation is 2. The molecule has 0 spiro atoms. The highest BCUT2D eigenvalue weighted by Gasteiger charge is 2.27. The highest BCUT2D eigenvalue weighted by molar-refractivity contribution is 5.98. The van der Waals surface area contributed by atoms with Gasteiger partial charge in [-0.05, 0) is 25.8 Å². The van der Waals surface area contributed by atoms with Crippen molar-refractivity contribution >= 4 is 11.8 Å². The number of hydrogen-bond donors (Lipinski definition) is 1. The van der Waals surface area contributed by atoms with Crippen molar-refractivity contribution in [3.8, 4) is 0 Å². The summed E-state index contributed by atoms with van der Waals surface area (Å²) in [5.41, 5.74) is 2.14. The second-order valence-corrected chi connectivity index (χ2v) is 4.65. The predicted molar refractivity (Wildman–Crippen MR) is 66.9 cm³/mol. The first-order valence-electron chi connectivity index (χ1n) is 6.53. The third-order valence-electron chi connectivity index (χ3n) is 3.38. The van der Waals surface area contributed by atoms with Gasteiger partial charge in [-0.2, -0.15) is 5.10 Å². The Morgan fingerprint density at radius 3 is 2.83 bits per heavy atom. The molecule has 0 bridgehead atoms. The van der Waals surface area contributed by atoms with E-state index in [1.807, 2.05) is 11.6 Å². The van der Waals surface area contributed by atoms with Crippen LogP contribution in [0, 0.1) is 5.92 Å². The number of amides is 2. The summed E-state index contributed by atoms with van der Waals surface area (Å²) < 4.78 is 1.95. The fourth-order valence-corrected chi connectivity index (χ4v) is 2.31. The third-order valence-corrected chi connectivity index (χ3v) is 3.38. The second-order valence-electron chi connectivity index (χ2n) is 4.65. The fraction of sp³-hybridized carbons (Fsp3) is 0.615. The molecule has 1 saturated heterocycles. The molecule has 0 saturated carbocycles. The molecule has 5 heteroatoms. The molecule has 0 radical (unpaired) electrons. The predicted octanol–water partition coefficient (Wildman–Crippen LogP) is 1.06. The number of aromatic nitrogens is 2. The zero-order chi connectivity index (χ0) is 13.1. The van der Waals surface area contributed by atoms with E-state index in [0.29, 0.717) is 19.3 Å². The van der Waals surface area contributed by atoms with Crippen molar-refractivity contribution in [2.75, 3.05) is 0 Å². The number of carbonyl (C=O) groups excluding carboxylic acids is 2. The summed E-state index contributed by atoms with van der Waals surface area (Å²) in [4.78, 5) is 22.8. The van der Waals surface area contributed by atoms with E-state index in [-0.39, 0.29) is 17.7 Å². The van der Waals surface area contributed by atoms with E-state index >= 15 is 0 Å². The Balaban J connectivity index is 2.11. The third kappa shape index (κ3) is 2.60. The smallest absolute Gasteiger partial charge is 0.230 e. The van der Waals surface area contributed by atoms with Crippen LogP contribution in [0.4, 0.5) is 0 Å². The molecule has 98 valence electrons. The first-order chi connectivity index (χ1) is 8.63. The minimum absolute atomic E-state index is 0.102. The van der Waals surface area contributed by atoms with Gasteiger partial charge in [-0.15, -0.1) is 0 Å². The van der Waals surface area contributed by atoms with Crippen molar-refractivity contribution in [2.24, 2.45) is 5.92 Å². The molecule has 5 nitrogen and oxygen atoms in total. The van der Waals surface area contributed by atoms with Crippen molar-refractivity contribution in [1.29, 1.82) is 0 Å². The molecule has 1 aliphatic rings. The van der Waals surface area contributed by atoms with Gasteiger partial charge in [0.1, 0.15) is 0 Å². The van der Waals surface area contributed by atoms with Gasteiger partial charge in [-0.3, -0.25) is 19.6 Å². The SMILES string of the molecule is CCc1cc(CC2CCC(=O)NC2=O)n(CC)n1. The van der Waals surface area contributed by atoms with Crippen LogP contribution in [0.5, 0.6) is 0 Å². The maximum Gasteiger partial charge on any atom is 0.230 e. The van der Waals surface area contributed by atoms with Crippen LogP contribution < -0.4 is 5.32 Å². The summed E-state index contributed by atoms with van der Waals surface area (Å²) in [6.45, 7) is 4.92. The Morgan fingerprint density at radius 2 is 2.22 bits per heavy atom. The molecule has 0 aliphatic carbocycles. The maximum absolute atomic E-state index is 11.7. The van der Waals surface area contributed by atoms with Gasteiger partial charge in [0.15, 0.2) is 0 Å². The monoisotopic (exact) mass is 249 g/mol. The number of carbonyl (C=O) groups is 2. The summed E-state index contributed by atoms with van der Waals surface area (Å²) in [5.74, 6) is -0.406. The molecule has 2 amide bonds. The number of imide groups is 1. The lowest BCUT2D eigenvalue weighted by molar-refractivity contribution is -0.136. The Bertz CT molecular complexity index is 465. The van der Waals surface area contributed by atoms with Crippen LogP contribution in [-0.4, -0.2) is 21.6 Å². The average Bonchev–Trinajstić information content (AvgIpc) is 2.75. The van der Waals surface area contributed by atoms with Gasteiger partial charge in [-0.25, -0.2) is 0 Å². The molecule has 0 aromatic carbocycles. The summed E-state index contributed by atoms with van der Waals surface area (Å²) in [6.07, 6.45) is 2.65. The highest BCUT2D eigenvalue weighted by atomic mass is 16.2. The van der Waals surface area contributed by atoms with Gasteiger partial charge in [0.25, 0.3) is 0 Å². The van der Waals surface area contributed by atoms with Gasteiger partial charge in [0.2, 0.25) is 11.8 Å². The number of nitrogens with one attached hydrogen (secondary N) is 1. The molecule has 1 aliphatic heterocycles. The topological polar surface area (TPSA) is 64.0 Å². The van der Waals surface area contributed by atoms with E-state index in [0.717, 1.165) is 24.4 Å². The van der Waals surface area contributed by atoms with Crippen LogP contribution in [0.1, 0.15) is 38.1 Å². The molecular formula is C13H19N3O2. The van der Waals surface area contributed by atoms with Crippen LogP contribution in [0.15, 0.2) is 6.07 Å². The zero-order valence-corrected chi connectivity index (χ0v) is 10.9. The molecule has 2 rings (SSSR count). The first-order valence-corrected chi connectivity index (χ1v) is 6.53. The van der Waals surface area contributed by atoms with Crippen molar-refractivity contribution < 1.29 is 9.59 Å². The lowest BCUT2D eigenvalue weighted by Crippen LogP contribution is -2.41. The van der Waals surface area contributed by atoms with E-state index in [2.05, 4.69) is 23.4 Å². The van der Waals surface area contributed by atoms with Crippen LogP contribution in [-0.2, 0) is 29.0 Å². The Hall–Kier alpha value is -1.65. The number of rotatable bonds is 4. The molecule has 2 heterocycles. The first kappa shape index (κ1) is 12.8. The van der Waals surface area contributed by atoms with Crippen LogP contribution >= 0.6 is 0 Å². The lowest BCUT2D eigenvalue weighted by atomic mass is 9.93. The molecule has 1 unspecified atom stereocenters. The highest BCUT2D eigenvalue weighted by Crippen LogP contribution is 2.19. The Labute approximate surface area is 107 Å². The number of hydrogen-bond acceptors (Lipinski definition) is 3. The van der Waals surface area contributed by atoms with Crippen molar-refractivity contribution in [1.82, 2.24) is 15.1 Å². The van der Waals surface area contributed by atoms with Gasteiger partial charge in [0.05, 0.1) is 5.69 Å². The van der Waals surface area contributed by atoms with Crippen LogP contribution in [0.25, 0.3) is 0 Å². The Kier molecular flexibility index (Phi) is 3.79. The average molecular weight is 249 g/mol. The summed E-state index contributed by atoms with van der Waals surface area (Å²) in [6, 6.07) is 2.06. The van der Waals surface area contributed by atoms with Crippen LogP contribution in [0.3, 0.4) is 0 Å². The molecule has 1 fully saturated rings. The Morgan fingerprint density at radius 1 is 1.44 bits per heavy atom. The zero-order valence-electron chi connectivity index (χ0n) is 10.9. The molecular weight excluding hydrogens is 230 g/mol.